The van der Waals surface area contributed by atoms with Gasteiger partial charge in [0.15, 0.2) is 0 Å². The summed E-state index contributed by atoms with van der Waals surface area (Å²) in [5.41, 5.74) is 18.7. The second-order valence-corrected chi connectivity index (χ2v) is 17.7. The topological polar surface area (TPSA) is 6.48 Å². The van der Waals surface area contributed by atoms with Gasteiger partial charge in [0.2, 0.25) is 0 Å². The van der Waals surface area contributed by atoms with E-state index in [0.717, 1.165) is 28.4 Å². The van der Waals surface area contributed by atoms with Crippen LogP contribution in [0, 0.1) is 0 Å². The third-order valence-corrected chi connectivity index (χ3v) is 13.9. The molecule has 0 fully saturated rings. The van der Waals surface area contributed by atoms with Crippen molar-refractivity contribution in [1.82, 2.24) is 0 Å². The van der Waals surface area contributed by atoms with E-state index in [9.17, 15) is 0 Å². The Hall–Kier alpha value is -7.94. The Balaban J connectivity index is 1.17. The zero-order chi connectivity index (χ0) is 42.8. The lowest BCUT2D eigenvalue weighted by molar-refractivity contribution is 0.564. The average molecular weight is 819 g/mol. The van der Waals surface area contributed by atoms with Gasteiger partial charge in [0.1, 0.15) is 0 Å². The van der Waals surface area contributed by atoms with E-state index in [2.05, 4.69) is 266 Å². The largest absolute Gasteiger partial charge is 0.310 e. The SMILES string of the molecule is CC1(C)c2cc(N(c3ccccc3)c3cccc(-c4ccccc4)c3)ccc2C2(c3ccccc3-c3ccccc32)c2cccc(N(c3ccccc3)c3cccc4ccccc34)c21. The standard InChI is InChI=1S/C62H46N2/c1-61(2)57-42-49(63(46-26-8-4-9-27-46)48-30-18-25-45(41-48)43-21-6-3-7-22-43)39-40-55(57)62(53-34-16-14-32-51(53)52-33-15-17-35-54(52)62)56-36-20-38-59(60(56)61)64(47-28-10-5-11-29-47)58-37-19-24-44-23-12-13-31-50(44)58/h3-42H,1-2H3. The predicted octanol–water partition coefficient (Wildman–Crippen LogP) is 16.4. The fourth-order valence-electron chi connectivity index (χ4n) is 11.2. The highest BCUT2D eigenvalue weighted by Crippen LogP contribution is 2.64. The van der Waals surface area contributed by atoms with Gasteiger partial charge in [-0.25, -0.2) is 0 Å². The number of benzene rings is 10. The maximum atomic E-state index is 2.52. The van der Waals surface area contributed by atoms with Crippen LogP contribution in [0.3, 0.4) is 0 Å². The highest BCUT2D eigenvalue weighted by molar-refractivity contribution is 6.00. The molecule has 0 aromatic heterocycles. The van der Waals surface area contributed by atoms with Crippen molar-refractivity contribution < 1.29 is 0 Å². The van der Waals surface area contributed by atoms with Crippen molar-refractivity contribution in [3.63, 3.8) is 0 Å². The van der Waals surface area contributed by atoms with E-state index in [-0.39, 0.29) is 0 Å². The lowest BCUT2D eigenvalue weighted by atomic mass is 9.55. The molecule has 0 bridgehead atoms. The summed E-state index contributed by atoms with van der Waals surface area (Å²) in [4.78, 5) is 4.95. The van der Waals surface area contributed by atoms with Crippen LogP contribution in [0.5, 0.6) is 0 Å². The Kier molecular flexibility index (Phi) is 8.77. The van der Waals surface area contributed by atoms with Crippen LogP contribution in [-0.4, -0.2) is 0 Å². The van der Waals surface area contributed by atoms with Gasteiger partial charge in [0.05, 0.1) is 16.8 Å². The van der Waals surface area contributed by atoms with Gasteiger partial charge in [-0.3, -0.25) is 0 Å². The van der Waals surface area contributed by atoms with E-state index in [0.29, 0.717) is 0 Å². The first kappa shape index (κ1) is 37.8. The maximum Gasteiger partial charge on any atom is 0.0720 e. The summed E-state index contributed by atoms with van der Waals surface area (Å²) in [6, 6.07) is 89.6. The van der Waals surface area contributed by atoms with Crippen molar-refractivity contribution in [3.8, 4) is 22.3 Å². The molecule has 0 N–H and O–H groups in total. The van der Waals surface area contributed by atoms with E-state index in [4.69, 9.17) is 0 Å². The first-order valence-electron chi connectivity index (χ1n) is 22.4. The molecule has 2 aliphatic carbocycles. The molecule has 64 heavy (non-hydrogen) atoms. The quantitative estimate of drug-likeness (QED) is 0.158. The number of hydrogen-bond donors (Lipinski definition) is 0. The minimum atomic E-state index is -0.576. The lowest BCUT2D eigenvalue weighted by Crippen LogP contribution is -2.41. The van der Waals surface area contributed by atoms with Crippen LogP contribution in [0.25, 0.3) is 33.0 Å². The van der Waals surface area contributed by atoms with Crippen molar-refractivity contribution >= 4 is 44.9 Å². The molecule has 12 rings (SSSR count). The fraction of sp³-hybridized carbons (Fsp3) is 0.0645. The summed E-state index contributed by atoms with van der Waals surface area (Å²) in [7, 11) is 0. The van der Waals surface area contributed by atoms with Crippen molar-refractivity contribution in [2.24, 2.45) is 0 Å². The first-order chi connectivity index (χ1) is 31.5. The molecular weight excluding hydrogens is 773 g/mol. The smallest absolute Gasteiger partial charge is 0.0720 e. The molecule has 0 aliphatic heterocycles. The van der Waals surface area contributed by atoms with Crippen molar-refractivity contribution in [2.45, 2.75) is 24.7 Å². The van der Waals surface area contributed by atoms with Crippen LogP contribution in [0.2, 0.25) is 0 Å². The van der Waals surface area contributed by atoms with Crippen LogP contribution in [-0.2, 0) is 10.8 Å². The molecule has 0 atom stereocenters. The van der Waals surface area contributed by atoms with Gasteiger partial charge in [0.25, 0.3) is 0 Å². The number of rotatable bonds is 7. The van der Waals surface area contributed by atoms with Gasteiger partial charge in [-0.15, -0.1) is 0 Å². The van der Waals surface area contributed by atoms with E-state index < -0.39 is 10.8 Å². The summed E-state index contributed by atoms with van der Waals surface area (Å²) in [5, 5.41) is 2.43. The average Bonchev–Trinajstić information content (AvgIpc) is 3.65. The van der Waals surface area contributed by atoms with Crippen molar-refractivity contribution in [3.05, 3.63) is 276 Å². The van der Waals surface area contributed by atoms with Crippen molar-refractivity contribution in [1.29, 1.82) is 0 Å². The third-order valence-electron chi connectivity index (χ3n) is 13.9. The molecule has 10 aromatic carbocycles. The molecular formula is C62H46N2. The molecule has 2 aliphatic rings. The molecule has 0 unspecified atom stereocenters. The Bertz CT molecular complexity index is 3320. The van der Waals surface area contributed by atoms with Gasteiger partial charge >= 0.3 is 0 Å². The molecule has 2 nitrogen and oxygen atoms in total. The number of anilines is 6. The Morgan fingerprint density at radius 1 is 0.312 bits per heavy atom. The minimum absolute atomic E-state index is 0.457. The Morgan fingerprint density at radius 2 is 0.812 bits per heavy atom. The lowest BCUT2D eigenvalue weighted by Gasteiger charge is -2.48. The molecule has 304 valence electrons. The van der Waals surface area contributed by atoms with Gasteiger partial charge < -0.3 is 9.80 Å². The number of fused-ring (bicyclic) bond motifs is 10. The summed E-state index contributed by atoms with van der Waals surface area (Å²) in [6.45, 7) is 4.90. The van der Waals surface area contributed by atoms with Crippen molar-refractivity contribution in [2.75, 3.05) is 9.80 Å². The summed E-state index contributed by atoms with van der Waals surface area (Å²) < 4.78 is 0. The Morgan fingerprint density at radius 3 is 1.53 bits per heavy atom. The van der Waals surface area contributed by atoms with Gasteiger partial charge in [-0.2, -0.15) is 0 Å². The van der Waals surface area contributed by atoms with Gasteiger partial charge in [-0.05, 0) is 122 Å². The summed E-state index contributed by atoms with van der Waals surface area (Å²) in [5.74, 6) is 0. The fourth-order valence-corrected chi connectivity index (χ4v) is 11.2. The van der Waals surface area contributed by atoms with Crippen LogP contribution < -0.4 is 9.80 Å². The van der Waals surface area contributed by atoms with E-state index in [1.54, 1.807) is 0 Å². The number of para-hydroxylation sites is 2. The summed E-state index contributed by atoms with van der Waals surface area (Å²) in [6.07, 6.45) is 0. The van der Waals surface area contributed by atoms with Gasteiger partial charge in [-0.1, -0.05) is 196 Å². The highest BCUT2D eigenvalue weighted by atomic mass is 15.2. The molecule has 10 aromatic rings. The van der Waals surface area contributed by atoms with E-state index >= 15 is 0 Å². The molecule has 2 heteroatoms. The number of nitrogens with zero attached hydrogens (tertiary/aromatic N) is 2. The zero-order valence-corrected chi connectivity index (χ0v) is 36.0. The van der Waals surface area contributed by atoms with Crippen LogP contribution in [0.4, 0.5) is 34.1 Å². The molecule has 0 saturated carbocycles. The molecule has 0 heterocycles. The molecule has 0 radical (unpaired) electrons. The first-order valence-corrected chi connectivity index (χ1v) is 22.4. The van der Waals surface area contributed by atoms with E-state index in [1.165, 1.54) is 72.1 Å². The second kappa shape index (κ2) is 14.9. The molecule has 0 amide bonds. The zero-order valence-electron chi connectivity index (χ0n) is 36.0. The normalized spacial score (nSPS) is 13.7. The van der Waals surface area contributed by atoms with Crippen LogP contribution in [0.15, 0.2) is 243 Å². The second-order valence-electron chi connectivity index (χ2n) is 17.7. The summed E-state index contributed by atoms with van der Waals surface area (Å²) >= 11 is 0. The maximum absolute atomic E-state index is 2.52. The highest BCUT2D eigenvalue weighted by Gasteiger charge is 2.54. The monoisotopic (exact) mass is 818 g/mol. The molecule has 0 saturated heterocycles. The Labute approximate surface area is 376 Å². The van der Waals surface area contributed by atoms with E-state index in [1.807, 2.05) is 0 Å². The van der Waals surface area contributed by atoms with Crippen LogP contribution in [0.1, 0.15) is 47.2 Å². The predicted molar refractivity (Wildman–Crippen MR) is 268 cm³/mol. The number of hydrogen-bond acceptors (Lipinski definition) is 2. The van der Waals surface area contributed by atoms with Gasteiger partial charge in [0, 0.05) is 33.6 Å². The van der Waals surface area contributed by atoms with Crippen LogP contribution >= 0.6 is 0 Å². The third kappa shape index (κ3) is 5.65. The molecule has 1 spiro atoms. The minimum Gasteiger partial charge on any atom is -0.310 e.